The van der Waals surface area contributed by atoms with E-state index in [4.69, 9.17) is 31.0 Å². The lowest BCUT2D eigenvalue weighted by Gasteiger charge is -2.16. The highest BCUT2D eigenvalue weighted by Crippen LogP contribution is 2.36. The molecule has 1 N–H and O–H groups in total. The molecule has 0 bridgehead atoms. The number of rotatable bonds is 8. The molecule has 2 aromatic carbocycles. The van der Waals surface area contributed by atoms with Gasteiger partial charge in [-0.25, -0.2) is 0 Å². The van der Waals surface area contributed by atoms with Gasteiger partial charge >= 0.3 is 0 Å². The lowest BCUT2D eigenvalue weighted by atomic mass is 10.0. The Labute approximate surface area is 152 Å². The van der Waals surface area contributed by atoms with E-state index < -0.39 is 0 Å². The predicted octanol–water partition coefficient (Wildman–Crippen LogP) is 4.74. The molecule has 0 amide bonds. The van der Waals surface area contributed by atoms with E-state index in [9.17, 15) is 0 Å². The van der Waals surface area contributed by atoms with E-state index in [1.807, 2.05) is 18.2 Å². The molecule has 0 spiro atoms. The molecule has 5 nitrogen and oxygen atoms in total. The summed E-state index contributed by atoms with van der Waals surface area (Å²) < 4.78 is 16.8. The maximum Gasteiger partial charge on any atom is 0.179 e. The first-order valence-electron chi connectivity index (χ1n) is 7.96. The molecule has 0 atom stereocenters. The third-order valence-electron chi connectivity index (χ3n) is 3.59. The molecule has 0 fully saturated rings. The van der Waals surface area contributed by atoms with Crippen LogP contribution in [0.1, 0.15) is 30.9 Å². The van der Waals surface area contributed by atoms with Gasteiger partial charge in [-0.1, -0.05) is 48.8 Å². The van der Waals surface area contributed by atoms with Gasteiger partial charge in [0.25, 0.3) is 0 Å². The van der Waals surface area contributed by atoms with Crippen LogP contribution >= 0.6 is 11.6 Å². The maximum absolute atomic E-state index is 8.62. The van der Waals surface area contributed by atoms with Crippen LogP contribution in [0.5, 0.6) is 17.2 Å². The second-order valence-corrected chi connectivity index (χ2v) is 6.08. The van der Waals surface area contributed by atoms with Crippen LogP contribution in [-0.4, -0.2) is 31.7 Å². The molecule has 2 aromatic rings. The summed E-state index contributed by atoms with van der Waals surface area (Å²) in [6.45, 7) is 4.94. The topological polar surface area (TPSA) is 60.3 Å². The summed E-state index contributed by atoms with van der Waals surface area (Å²) in [5, 5.41) is 12.0. The molecule has 0 aliphatic heterocycles. The van der Waals surface area contributed by atoms with E-state index >= 15 is 0 Å². The molecule has 0 aromatic heterocycles. The number of para-hydroxylation sites is 1. The zero-order chi connectivity index (χ0) is 18.2. The van der Waals surface area contributed by atoms with Gasteiger partial charge in [0.15, 0.2) is 11.5 Å². The Bertz CT molecular complexity index is 731. The molecule has 25 heavy (non-hydrogen) atoms. The molecule has 0 aliphatic rings. The summed E-state index contributed by atoms with van der Waals surface area (Å²) in [5.41, 5.74) is 1.77. The van der Waals surface area contributed by atoms with Crippen LogP contribution < -0.4 is 14.2 Å². The van der Waals surface area contributed by atoms with Crippen molar-refractivity contribution in [2.24, 2.45) is 5.16 Å². The normalized spacial score (nSPS) is 11.1. The third-order valence-corrected chi connectivity index (χ3v) is 3.87. The second-order valence-electron chi connectivity index (χ2n) is 5.67. The van der Waals surface area contributed by atoms with Gasteiger partial charge < -0.3 is 19.4 Å². The van der Waals surface area contributed by atoms with E-state index in [-0.39, 0.29) is 0 Å². The summed E-state index contributed by atoms with van der Waals surface area (Å²) in [4.78, 5) is 0. The average molecular weight is 364 g/mol. The molecular formula is C19H22ClNO4. The highest BCUT2D eigenvalue weighted by Gasteiger charge is 2.12. The van der Waals surface area contributed by atoms with Crippen LogP contribution in [0.15, 0.2) is 41.6 Å². The van der Waals surface area contributed by atoms with E-state index in [1.54, 1.807) is 12.1 Å². The van der Waals surface area contributed by atoms with Gasteiger partial charge in [-0.2, -0.15) is 0 Å². The lowest BCUT2D eigenvalue weighted by Crippen LogP contribution is -2.11. The number of hydrogen-bond acceptors (Lipinski definition) is 5. The van der Waals surface area contributed by atoms with Crippen molar-refractivity contribution in [1.29, 1.82) is 0 Å². The maximum atomic E-state index is 8.62. The summed E-state index contributed by atoms with van der Waals surface area (Å²) in [5.74, 6) is 2.13. The Hall–Kier alpha value is -2.40. The van der Waals surface area contributed by atoms with Crippen molar-refractivity contribution in [3.8, 4) is 17.2 Å². The Morgan fingerprint density at radius 3 is 2.52 bits per heavy atom. The average Bonchev–Trinajstić information content (AvgIpc) is 2.60. The van der Waals surface area contributed by atoms with Crippen LogP contribution in [0.2, 0.25) is 5.02 Å². The van der Waals surface area contributed by atoms with Crippen LogP contribution in [0, 0.1) is 0 Å². The van der Waals surface area contributed by atoms with Crippen molar-refractivity contribution in [3.63, 3.8) is 0 Å². The zero-order valence-electron chi connectivity index (χ0n) is 14.5. The SMILES string of the molecule is COc1cc(C=NO)cc(Cl)c1OCCOc1ccccc1C(C)C. The smallest absolute Gasteiger partial charge is 0.179 e. The van der Waals surface area contributed by atoms with Gasteiger partial charge in [0.1, 0.15) is 19.0 Å². The predicted molar refractivity (Wildman–Crippen MR) is 98.9 cm³/mol. The summed E-state index contributed by atoms with van der Waals surface area (Å²) in [6.07, 6.45) is 1.27. The Kier molecular flexibility index (Phi) is 6.95. The molecule has 0 aliphatic carbocycles. The van der Waals surface area contributed by atoms with E-state index in [2.05, 4.69) is 25.1 Å². The minimum Gasteiger partial charge on any atom is -0.493 e. The number of nitrogens with zero attached hydrogens (tertiary/aromatic N) is 1. The quantitative estimate of drug-likeness (QED) is 0.318. The van der Waals surface area contributed by atoms with Gasteiger partial charge in [0.2, 0.25) is 0 Å². The van der Waals surface area contributed by atoms with E-state index in [0.29, 0.717) is 41.2 Å². The van der Waals surface area contributed by atoms with Gasteiger partial charge in [-0.3, -0.25) is 0 Å². The number of methoxy groups -OCH3 is 1. The van der Waals surface area contributed by atoms with Gasteiger partial charge in [-0.05, 0) is 29.7 Å². The van der Waals surface area contributed by atoms with E-state index in [1.165, 1.54) is 13.3 Å². The Morgan fingerprint density at radius 1 is 1.12 bits per heavy atom. The molecule has 0 heterocycles. The van der Waals surface area contributed by atoms with Crippen molar-refractivity contribution >= 4 is 17.8 Å². The molecule has 6 heteroatoms. The molecule has 0 unspecified atom stereocenters. The monoisotopic (exact) mass is 363 g/mol. The van der Waals surface area contributed by atoms with Crippen LogP contribution in [-0.2, 0) is 0 Å². The molecule has 2 rings (SSSR count). The third kappa shape index (κ3) is 5.03. The fourth-order valence-corrected chi connectivity index (χ4v) is 2.68. The summed E-state index contributed by atoms with van der Waals surface area (Å²) >= 11 is 6.22. The zero-order valence-corrected chi connectivity index (χ0v) is 15.3. The number of hydrogen-bond donors (Lipinski definition) is 1. The first-order chi connectivity index (χ1) is 12.1. The highest BCUT2D eigenvalue weighted by molar-refractivity contribution is 6.32. The van der Waals surface area contributed by atoms with Crippen molar-refractivity contribution in [2.75, 3.05) is 20.3 Å². The summed E-state index contributed by atoms with van der Waals surface area (Å²) in [6, 6.07) is 11.3. The largest absolute Gasteiger partial charge is 0.493 e. The minimum absolute atomic E-state index is 0.315. The van der Waals surface area contributed by atoms with Crippen molar-refractivity contribution in [3.05, 3.63) is 52.5 Å². The fourth-order valence-electron chi connectivity index (χ4n) is 2.41. The van der Waals surface area contributed by atoms with Crippen LogP contribution in [0.3, 0.4) is 0 Å². The fraction of sp³-hybridized carbons (Fsp3) is 0.316. The standard InChI is InChI=1S/C19H22ClNO4/c1-13(2)15-6-4-5-7-17(15)24-8-9-25-19-16(20)10-14(12-21-22)11-18(19)23-3/h4-7,10-13,22H,8-9H2,1-3H3. The van der Waals surface area contributed by atoms with Crippen molar-refractivity contribution in [2.45, 2.75) is 19.8 Å². The van der Waals surface area contributed by atoms with Gasteiger partial charge in [0.05, 0.1) is 18.3 Å². The Morgan fingerprint density at radius 2 is 1.84 bits per heavy atom. The highest BCUT2D eigenvalue weighted by atomic mass is 35.5. The molecule has 0 radical (unpaired) electrons. The second kappa shape index (κ2) is 9.18. The molecule has 134 valence electrons. The first kappa shape index (κ1) is 18.9. The molecule has 0 saturated carbocycles. The number of halogens is 1. The molecule has 0 saturated heterocycles. The Balaban J connectivity index is 2.01. The number of oxime groups is 1. The number of ether oxygens (including phenoxy) is 3. The van der Waals surface area contributed by atoms with Crippen LogP contribution in [0.25, 0.3) is 0 Å². The van der Waals surface area contributed by atoms with Crippen molar-refractivity contribution in [1.82, 2.24) is 0 Å². The van der Waals surface area contributed by atoms with Crippen LogP contribution in [0.4, 0.5) is 0 Å². The molecular weight excluding hydrogens is 342 g/mol. The summed E-state index contributed by atoms with van der Waals surface area (Å²) in [7, 11) is 1.52. The number of benzene rings is 2. The van der Waals surface area contributed by atoms with Gasteiger partial charge in [-0.15, -0.1) is 0 Å². The minimum atomic E-state index is 0.315. The van der Waals surface area contributed by atoms with Crippen molar-refractivity contribution < 1.29 is 19.4 Å². The van der Waals surface area contributed by atoms with Gasteiger partial charge in [0, 0.05) is 5.56 Å². The van der Waals surface area contributed by atoms with E-state index in [0.717, 1.165) is 11.3 Å². The first-order valence-corrected chi connectivity index (χ1v) is 8.34. The lowest BCUT2D eigenvalue weighted by molar-refractivity contribution is 0.210.